The van der Waals surface area contributed by atoms with Gasteiger partial charge < -0.3 is 19.9 Å². The molecule has 1 aromatic heterocycles. The number of nitrogens with two attached hydrogens (primary N) is 1. The molecule has 0 saturated carbocycles. The first-order valence-electron chi connectivity index (χ1n) is 10.1. The van der Waals surface area contributed by atoms with Crippen LogP contribution in [-0.2, 0) is 6.61 Å². The van der Waals surface area contributed by atoms with Crippen molar-refractivity contribution >= 4 is 17.2 Å². The molecule has 9 heteroatoms. The number of carbonyl (C=O) groups excluding carboxylic acids is 1. The van der Waals surface area contributed by atoms with Gasteiger partial charge in [-0.25, -0.2) is 13.8 Å². The summed E-state index contributed by atoms with van der Waals surface area (Å²) in [7, 11) is 3.18. The zero-order valence-corrected chi connectivity index (χ0v) is 19.1. The second-order valence-corrected chi connectivity index (χ2v) is 8.22. The van der Waals surface area contributed by atoms with Crippen LogP contribution in [0.15, 0.2) is 60.7 Å². The van der Waals surface area contributed by atoms with Crippen molar-refractivity contribution in [2.75, 3.05) is 14.2 Å². The molecule has 0 fully saturated rings. The summed E-state index contributed by atoms with van der Waals surface area (Å²) >= 11 is 1.36. The molecule has 0 bridgehead atoms. The van der Waals surface area contributed by atoms with Gasteiger partial charge in [-0.3, -0.25) is 4.79 Å². The Bertz CT molecular complexity index is 1340. The molecule has 1 amide bonds. The Labute approximate surface area is 198 Å². The number of methoxy groups -OCH3 is 2. The van der Waals surface area contributed by atoms with Crippen LogP contribution in [0.5, 0.6) is 17.2 Å². The van der Waals surface area contributed by atoms with Crippen LogP contribution in [0.4, 0.5) is 8.78 Å². The number of rotatable bonds is 8. The number of primary amides is 1. The summed E-state index contributed by atoms with van der Waals surface area (Å²) in [4.78, 5) is 17.0. The van der Waals surface area contributed by atoms with E-state index in [2.05, 4.69) is 0 Å². The monoisotopic (exact) mass is 482 g/mol. The molecular formula is C25H20F2N2O4S. The Balaban J connectivity index is 1.71. The number of ether oxygens (including phenoxy) is 3. The van der Waals surface area contributed by atoms with Crippen LogP contribution in [0.3, 0.4) is 0 Å². The quantitative estimate of drug-likeness (QED) is 0.361. The average Bonchev–Trinajstić information content (AvgIpc) is 3.28. The lowest BCUT2D eigenvalue weighted by atomic mass is 10.1. The van der Waals surface area contributed by atoms with Crippen LogP contribution in [0, 0.1) is 11.6 Å². The van der Waals surface area contributed by atoms with Crippen LogP contribution < -0.4 is 19.9 Å². The van der Waals surface area contributed by atoms with E-state index in [9.17, 15) is 13.6 Å². The van der Waals surface area contributed by atoms with Crippen LogP contribution in [0.1, 0.15) is 15.4 Å². The van der Waals surface area contributed by atoms with Crippen molar-refractivity contribution in [3.8, 4) is 38.9 Å². The lowest BCUT2D eigenvalue weighted by Crippen LogP contribution is -2.16. The van der Waals surface area contributed by atoms with E-state index in [1.165, 1.54) is 11.3 Å². The fourth-order valence-electron chi connectivity index (χ4n) is 3.34. The largest absolute Gasteiger partial charge is 0.497 e. The molecule has 0 aliphatic carbocycles. The number of halogens is 2. The van der Waals surface area contributed by atoms with Gasteiger partial charge in [0, 0.05) is 5.56 Å². The maximum absolute atomic E-state index is 14.5. The summed E-state index contributed by atoms with van der Waals surface area (Å²) in [6, 6.07) is 17.0. The molecule has 0 aliphatic heterocycles. The third-order valence-electron chi connectivity index (χ3n) is 5.02. The van der Waals surface area contributed by atoms with Crippen molar-refractivity contribution in [2.45, 2.75) is 6.61 Å². The maximum atomic E-state index is 14.5. The van der Waals surface area contributed by atoms with E-state index in [4.69, 9.17) is 24.9 Å². The zero-order valence-electron chi connectivity index (χ0n) is 18.3. The molecule has 0 saturated heterocycles. The molecule has 0 spiro atoms. The Kier molecular flexibility index (Phi) is 6.74. The fourth-order valence-corrected chi connectivity index (χ4v) is 4.34. The first kappa shape index (κ1) is 23.2. The molecule has 0 atom stereocenters. The molecular weight excluding hydrogens is 462 g/mol. The highest BCUT2D eigenvalue weighted by Gasteiger charge is 2.21. The summed E-state index contributed by atoms with van der Waals surface area (Å²) in [5, 5.41) is 0.549. The summed E-state index contributed by atoms with van der Waals surface area (Å²) in [5.41, 5.74) is 6.69. The van der Waals surface area contributed by atoms with E-state index in [1.807, 2.05) is 48.5 Å². The van der Waals surface area contributed by atoms with E-state index in [-0.39, 0.29) is 12.4 Å². The molecule has 34 heavy (non-hydrogen) atoms. The number of carbonyl (C=O) groups is 1. The highest BCUT2D eigenvalue weighted by molar-refractivity contribution is 7.15. The molecule has 3 aromatic carbocycles. The molecule has 1 heterocycles. The molecule has 0 unspecified atom stereocenters. The van der Waals surface area contributed by atoms with Gasteiger partial charge >= 0.3 is 0 Å². The number of hydrogen-bond acceptors (Lipinski definition) is 6. The van der Waals surface area contributed by atoms with Crippen molar-refractivity contribution in [1.82, 2.24) is 4.98 Å². The van der Waals surface area contributed by atoms with E-state index in [1.54, 1.807) is 14.2 Å². The minimum absolute atomic E-state index is 0.0987. The van der Waals surface area contributed by atoms with Crippen molar-refractivity contribution < 1.29 is 27.8 Å². The minimum Gasteiger partial charge on any atom is -0.497 e. The van der Waals surface area contributed by atoms with Crippen LogP contribution in [-0.4, -0.2) is 25.1 Å². The highest BCUT2D eigenvalue weighted by Crippen LogP contribution is 2.39. The fraction of sp³-hybridized carbons (Fsp3) is 0.120. The highest BCUT2D eigenvalue weighted by atomic mass is 32.1. The third-order valence-corrected chi connectivity index (χ3v) is 6.10. The first-order valence-corrected chi connectivity index (χ1v) is 10.9. The lowest BCUT2D eigenvalue weighted by Gasteiger charge is -2.08. The van der Waals surface area contributed by atoms with Crippen molar-refractivity contribution in [3.05, 3.63) is 82.9 Å². The number of amides is 1. The second kappa shape index (κ2) is 9.88. The number of thiazole rings is 1. The number of hydrogen-bond donors (Lipinski definition) is 1. The van der Waals surface area contributed by atoms with Gasteiger partial charge in [-0.2, -0.15) is 0 Å². The van der Waals surface area contributed by atoms with Crippen LogP contribution in [0.25, 0.3) is 21.7 Å². The van der Waals surface area contributed by atoms with Gasteiger partial charge in [0.2, 0.25) is 0 Å². The van der Waals surface area contributed by atoms with E-state index >= 15 is 0 Å². The SMILES string of the molecule is COc1ccc(-c2nc(COc3ccc(F)c(C(N)=O)c3F)sc2-c2cccc(OC)c2)cc1. The van der Waals surface area contributed by atoms with Gasteiger partial charge in [-0.15, -0.1) is 11.3 Å². The van der Waals surface area contributed by atoms with E-state index in [0.29, 0.717) is 22.2 Å². The topological polar surface area (TPSA) is 83.7 Å². The molecule has 174 valence electrons. The van der Waals surface area contributed by atoms with Crippen molar-refractivity contribution in [3.63, 3.8) is 0 Å². The first-order chi connectivity index (χ1) is 16.4. The summed E-state index contributed by atoms with van der Waals surface area (Å²) in [5.74, 6) is -2.29. The predicted molar refractivity (Wildman–Crippen MR) is 125 cm³/mol. The molecule has 6 nitrogen and oxygen atoms in total. The van der Waals surface area contributed by atoms with E-state index < -0.39 is 23.1 Å². The number of aromatic nitrogens is 1. The standard InChI is InChI=1S/C25H20F2N2O4S/c1-31-16-8-6-14(7-9-16)23-24(15-4-3-5-17(12-15)32-2)34-20(29-23)13-33-19-11-10-18(26)21(22(19)27)25(28)30/h3-12H,13H2,1-2H3,(H2,28,30). The second-order valence-electron chi connectivity index (χ2n) is 7.13. The molecule has 4 rings (SSSR count). The minimum atomic E-state index is -1.21. The van der Waals surface area contributed by atoms with Gasteiger partial charge in [0.15, 0.2) is 11.6 Å². The summed E-state index contributed by atoms with van der Waals surface area (Å²) in [6.45, 7) is -0.0987. The van der Waals surface area contributed by atoms with Gasteiger partial charge in [-0.1, -0.05) is 12.1 Å². The lowest BCUT2D eigenvalue weighted by molar-refractivity contribution is 0.0991. The van der Waals surface area contributed by atoms with Gasteiger partial charge in [-0.05, 0) is 54.1 Å². The van der Waals surface area contributed by atoms with Crippen molar-refractivity contribution in [2.24, 2.45) is 5.73 Å². The number of benzene rings is 3. The Morgan fingerprint density at radius 2 is 1.71 bits per heavy atom. The average molecular weight is 483 g/mol. The maximum Gasteiger partial charge on any atom is 0.254 e. The zero-order chi connectivity index (χ0) is 24.2. The van der Waals surface area contributed by atoms with Gasteiger partial charge in [0.25, 0.3) is 5.91 Å². The predicted octanol–water partition coefficient (Wildman–Crippen LogP) is 5.45. The summed E-state index contributed by atoms with van der Waals surface area (Å²) < 4.78 is 44.4. The summed E-state index contributed by atoms with van der Waals surface area (Å²) in [6.07, 6.45) is 0. The normalized spacial score (nSPS) is 10.7. The Hall–Kier alpha value is -3.98. The molecule has 0 radical (unpaired) electrons. The molecule has 2 N–H and O–H groups in total. The molecule has 4 aromatic rings. The Morgan fingerprint density at radius 1 is 0.971 bits per heavy atom. The Morgan fingerprint density at radius 3 is 2.38 bits per heavy atom. The number of nitrogens with zero attached hydrogens (tertiary/aromatic N) is 1. The van der Waals surface area contributed by atoms with Crippen molar-refractivity contribution in [1.29, 1.82) is 0 Å². The van der Waals surface area contributed by atoms with Gasteiger partial charge in [0.05, 0.1) is 24.8 Å². The van der Waals surface area contributed by atoms with Crippen LogP contribution >= 0.6 is 11.3 Å². The molecule has 0 aliphatic rings. The third kappa shape index (κ3) is 4.69. The van der Waals surface area contributed by atoms with E-state index in [0.717, 1.165) is 28.1 Å². The smallest absolute Gasteiger partial charge is 0.254 e. The van der Waals surface area contributed by atoms with Gasteiger partial charge in [0.1, 0.15) is 34.5 Å². The van der Waals surface area contributed by atoms with Crippen LogP contribution in [0.2, 0.25) is 0 Å².